The Hall–Kier alpha value is -0.560. The lowest BCUT2D eigenvalue weighted by molar-refractivity contribution is 0.0951. The first kappa shape index (κ1) is 16.8. The van der Waals surface area contributed by atoms with Crippen molar-refractivity contribution < 1.29 is 17.6 Å². The highest BCUT2D eigenvalue weighted by atomic mass is 35.7. The number of carbonyl (C=O) groups excluding carboxylic acids is 1. The molecule has 0 aromatic heterocycles. The molecule has 0 heterocycles. The van der Waals surface area contributed by atoms with E-state index in [1.807, 2.05) is 6.92 Å². The number of halogens is 4. The topological polar surface area (TPSA) is 63.2 Å². The molecule has 4 nitrogen and oxygen atoms in total. The molecule has 0 aliphatic heterocycles. The summed E-state index contributed by atoms with van der Waals surface area (Å²) in [5.41, 5.74) is -0.314. The molecule has 2 atom stereocenters. The Balaban J connectivity index is 2.35. The summed E-state index contributed by atoms with van der Waals surface area (Å²) in [5.74, 6) is -0.843. The van der Waals surface area contributed by atoms with Crippen molar-refractivity contribution in [2.24, 2.45) is 11.8 Å². The van der Waals surface area contributed by atoms with Crippen LogP contribution >= 0.6 is 33.9 Å². The minimum Gasteiger partial charge on any atom is -0.352 e. The number of rotatable bonds is 4. The predicted molar refractivity (Wildman–Crippen MR) is 79.1 cm³/mol. The van der Waals surface area contributed by atoms with E-state index in [4.69, 9.17) is 33.9 Å². The molecule has 1 aliphatic rings. The first-order valence-electron chi connectivity index (χ1n) is 6.03. The Bertz CT molecular complexity index is 708. The maximum Gasteiger partial charge on any atom is 0.264 e. The Kier molecular flexibility index (Phi) is 4.73. The van der Waals surface area contributed by atoms with Gasteiger partial charge in [0.05, 0.1) is 15.6 Å². The fraction of sp³-hybridized carbons (Fsp3) is 0.417. The number of nitrogens with one attached hydrogen (secondary N) is 1. The molecule has 116 valence electrons. The van der Waals surface area contributed by atoms with Gasteiger partial charge in [-0.25, -0.2) is 12.8 Å². The van der Waals surface area contributed by atoms with Crippen LogP contribution in [-0.4, -0.2) is 20.9 Å². The zero-order valence-corrected chi connectivity index (χ0v) is 13.9. The van der Waals surface area contributed by atoms with E-state index < -0.39 is 35.7 Å². The van der Waals surface area contributed by atoms with Gasteiger partial charge in [0.25, 0.3) is 15.0 Å². The van der Waals surface area contributed by atoms with Crippen molar-refractivity contribution in [3.63, 3.8) is 0 Å². The number of benzene rings is 1. The van der Waals surface area contributed by atoms with Gasteiger partial charge in [0.2, 0.25) is 0 Å². The molecule has 1 amide bonds. The fourth-order valence-electron chi connectivity index (χ4n) is 1.96. The van der Waals surface area contributed by atoms with Crippen molar-refractivity contribution in [1.29, 1.82) is 0 Å². The van der Waals surface area contributed by atoms with Crippen LogP contribution in [0.1, 0.15) is 23.7 Å². The van der Waals surface area contributed by atoms with Crippen LogP contribution in [0.5, 0.6) is 0 Å². The van der Waals surface area contributed by atoms with E-state index >= 15 is 0 Å². The van der Waals surface area contributed by atoms with E-state index in [1.165, 1.54) is 0 Å². The van der Waals surface area contributed by atoms with Crippen molar-refractivity contribution in [2.45, 2.75) is 18.2 Å². The summed E-state index contributed by atoms with van der Waals surface area (Å²) in [6.45, 7) is 2.47. The Morgan fingerprint density at radius 3 is 2.48 bits per heavy atom. The maximum absolute atomic E-state index is 13.7. The second-order valence-electron chi connectivity index (χ2n) is 4.98. The zero-order chi connectivity index (χ0) is 15.9. The van der Waals surface area contributed by atoms with E-state index in [2.05, 4.69) is 5.32 Å². The molecule has 0 spiro atoms. The highest BCUT2D eigenvalue weighted by Crippen LogP contribution is 2.38. The average Bonchev–Trinajstić information content (AvgIpc) is 3.05. The predicted octanol–water partition coefficient (Wildman–Crippen LogP) is 3.45. The summed E-state index contributed by atoms with van der Waals surface area (Å²) >= 11 is 11.4. The van der Waals surface area contributed by atoms with Gasteiger partial charge in [-0.15, -0.1) is 0 Å². The molecule has 1 saturated carbocycles. The highest BCUT2D eigenvalue weighted by Gasteiger charge is 2.33. The number of carbonyl (C=O) groups is 1. The van der Waals surface area contributed by atoms with Crippen molar-refractivity contribution >= 4 is 48.8 Å². The van der Waals surface area contributed by atoms with Gasteiger partial charge in [0.1, 0.15) is 10.7 Å². The molecule has 1 N–H and O–H groups in total. The van der Waals surface area contributed by atoms with Crippen LogP contribution in [0, 0.1) is 17.7 Å². The van der Waals surface area contributed by atoms with Crippen LogP contribution in [0.4, 0.5) is 4.39 Å². The van der Waals surface area contributed by atoms with Gasteiger partial charge in [-0.1, -0.05) is 30.1 Å². The molecule has 9 heteroatoms. The summed E-state index contributed by atoms with van der Waals surface area (Å²) in [4.78, 5) is 11.2. The lowest BCUT2D eigenvalue weighted by atomic mass is 10.2. The molecule has 1 fully saturated rings. The number of hydrogen-bond acceptors (Lipinski definition) is 3. The van der Waals surface area contributed by atoms with Crippen molar-refractivity contribution in [2.75, 3.05) is 6.54 Å². The van der Waals surface area contributed by atoms with Gasteiger partial charge in [0, 0.05) is 17.2 Å². The molecule has 1 aromatic carbocycles. The van der Waals surface area contributed by atoms with Crippen LogP contribution in [0.2, 0.25) is 10.0 Å². The minimum absolute atomic E-state index is 0.314. The lowest BCUT2D eigenvalue weighted by Gasteiger charge is -2.11. The van der Waals surface area contributed by atoms with E-state index in [0.717, 1.165) is 12.5 Å². The Labute approximate surface area is 136 Å². The monoisotopic (exact) mass is 373 g/mol. The molecular formula is C12H11Cl3FNO3S. The van der Waals surface area contributed by atoms with Gasteiger partial charge >= 0.3 is 0 Å². The second-order valence-corrected chi connectivity index (χ2v) is 8.24. The first-order chi connectivity index (χ1) is 9.62. The van der Waals surface area contributed by atoms with Crippen molar-refractivity contribution in [3.05, 3.63) is 27.5 Å². The maximum atomic E-state index is 13.7. The molecule has 2 rings (SSSR count). The number of amides is 1. The average molecular weight is 375 g/mol. The zero-order valence-electron chi connectivity index (χ0n) is 10.8. The molecule has 0 radical (unpaired) electrons. The van der Waals surface area contributed by atoms with Crippen LogP contribution < -0.4 is 5.32 Å². The standard InChI is InChI=1S/C12H11Cl3FNO3S/c1-5-2-6(5)4-17-12(18)7-3-8(16)10(14)11(9(7)13)21(15,19)20/h3,5-6H,2,4H2,1H3,(H,17,18). The third kappa shape index (κ3) is 3.62. The number of hydrogen-bond donors (Lipinski definition) is 1. The van der Waals surface area contributed by atoms with E-state index in [0.29, 0.717) is 18.4 Å². The van der Waals surface area contributed by atoms with E-state index in [-0.39, 0.29) is 5.56 Å². The highest BCUT2D eigenvalue weighted by molar-refractivity contribution is 8.14. The van der Waals surface area contributed by atoms with Crippen LogP contribution in [0.25, 0.3) is 0 Å². The molecule has 0 saturated heterocycles. The summed E-state index contributed by atoms with van der Waals surface area (Å²) < 4.78 is 36.5. The summed E-state index contributed by atoms with van der Waals surface area (Å²) in [7, 11) is 0.797. The largest absolute Gasteiger partial charge is 0.352 e. The van der Waals surface area contributed by atoms with Crippen LogP contribution in [0.3, 0.4) is 0 Å². The van der Waals surface area contributed by atoms with Gasteiger partial charge < -0.3 is 5.32 Å². The molecule has 1 aliphatic carbocycles. The smallest absolute Gasteiger partial charge is 0.264 e. The normalized spacial score (nSPS) is 21.2. The summed E-state index contributed by atoms with van der Waals surface area (Å²) in [6, 6.07) is 0.794. The molecular weight excluding hydrogens is 364 g/mol. The van der Waals surface area contributed by atoms with Crippen LogP contribution in [-0.2, 0) is 9.05 Å². The summed E-state index contributed by atoms with van der Waals surface area (Å²) in [6.07, 6.45) is 1.00. The molecule has 2 unspecified atom stereocenters. The molecule has 0 bridgehead atoms. The van der Waals surface area contributed by atoms with E-state index in [9.17, 15) is 17.6 Å². The Morgan fingerprint density at radius 1 is 1.43 bits per heavy atom. The van der Waals surface area contributed by atoms with Crippen molar-refractivity contribution in [3.8, 4) is 0 Å². The van der Waals surface area contributed by atoms with Gasteiger partial charge in [-0.2, -0.15) is 0 Å². The lowest BCUT2D eigenvalue weighted by Crippen LogP contribution is -2.26. The summed E-state index contributed by atoms with van der Waals surface area (Å²) in [5, 5.41) is 1.36. The van der Waals surface area contributed by atoms with Crippen molar-refractivity contribution in [1.82, 2.24) is 5.32 Å². The molecule has 1 aromatic rings. The quantitative estimate of drug-likeness (QED) is 0.648. The van der Waals surface area contributed by atoms with E-state index in [1.54, 1.807) is 0 Å². The fourth-order valence-corrected chi connectivity index (χ4v) is 4.34. The SMILES string of the molecule is CC1CC1CNC(=O)c1cc(F)c(Cl)c(S(=O)(=O)Cl)c1Cl. The third-order valence-electron chi connectivity index (χ3n) is 3.41. The van der Waals surface area contributed by atoms with Crippen LogP contribution in [0.15, 0.2) is 11.0 Å². The third-order valence-corrected chi connectivity index (χ3v) is 5.75. The molecule has 21 heavy (non-hydrogen) atoms. The van der Waals surface area contributed by atoms with Gasteiger partial charge in [0.15, 0.2) is 0 Å². The minimum atomic E-state index is -4.38. The Morgan fingerprint density at radius 2 is 2.00 bits per heavy atom. The van der Waals surface area contributed by atoms with Gasteiger partial charge in [-0.05, 0) is 24.3 Å². The second kappa shape index (κ2) is 5.91. The first-order valence-corrected chi connectivity index (χ1v) is 9.09. The van der Waals surface area contributed by atoms with Gasteiger partial charge in [-0.3, -0.25) is 4.79 Å².